The van der Waals surface area contributed by atoms with Gasteiger partial charge in [0.25, 0.3) is 0 Å². The van der Waals surface area contributed by atoms with E-state index in [1.807, 2.05) is 20.8 Å². The molecule has 0 aromatic rings. The molecule has 1 unspecified atom stereocenters. The Labute approximate surface area is 143 Å². The summed E-state index contributed by atoms with van der Waals surface area (Å²) in [4.78, 5) is 12.4. The van der Waals surface area contributed by atoms with Crippen LogP contribution in [0.2, 0.25) is 0 Å². The van der Waals surface area contributed by atoms with Crippen molar-refractivity contribution >= 4 is 5.97 Å². The van der Waals surface area contributed by atoms with Gasteiger partial charge in [-0.15, -0.1) is 0 Å². The lowest BCUT2D eigenvalue weighted by Gasteiger charge is -2.30. The lowest BCUT2D eigenvalue weighted by Crippen LogP contribution is -2.34. The number of rotatable bonds is 8. The fraction of sp³-hybridized carbons (Fsp3) is 0.950. The molecule has 0 saturated heterocycles. The highest BCUT2D eigenvalue weighted by molar-refractivity contribution is 5.75. The van der Waals surface area contributed by atoms with Gasteiger partial charge in [-0.25, -0.2) is 0 Å². The predicted molar refractivity (Wildman–Crippen MR) is 95.2 cm³/mol. The first-order valence-electron chi connectivity index (χ1n) is 9.47. The van der Waals surface area contributed by atoms with Crippen molar-refractivity contribution < 1.29 is 14.3 Å². The number of ether oxygens (including phenoxy) is 2. The van der Waals surface area contributed by atoms with E-state index < -0.39 is 11.7 Å². The summed E-state index contributed by atoms with van der Waals surface area (Å²) in [6.45, 7) is 13.1. The average molecular weight is 327 g/mol. The molecule has 3 heteroatoms. The molecule has 0 heterocycles. The van der Waals surface area contributed by atoms with E-state index in [-0.39, 0.29) is 11.4 Å². The smallest absolute Gasteiger partial charge is 0.313 e. The summed E-state index contributed by atoms with van der Waals surface area (Å²) in [7, 11) is 0. The lowest BCUT2D eigenvalue weighted by molar-refractivity contribution is -0.195. The topological polar surface area (TPSA) is 35.5 Å². The van der Waals surface area contributed by atoms with Gasteiger partial charge in [0.15, 0.2) is 0 Å². The van der Waals surface area contributed by atoms with Gasteiger partial charge in [0.05, 0.1) is 12.0 Å². The summed E-state index contributed by atoms with van der Waals surface area (Å²) in [6, 6.07) is 0. The molecule has 0 bridgehead atoms. The van der Waals surface area contributed by atoms with Crippen LogP contribution in [0.1, 0.15) is 92.9 Å². The van der Waals surface area contributed by atoms with Gasteiger partial charge in [-0.1, -0.05) is 59.8 Å². The summed E-state index contributed by atoms with van der Waals surface area (Å²) in [6.07, 6.45) is 8.94. The van der Waals surface area contributed by atoms with Crippen molar-refractivity contribution in [3.05, 3.63) is 0 Å². The maximum atomic E-state index is 12.4. The average Bonchev–Trinajstić information content (AvgIpc) is 2.46. The molecule has 3 nitrogen and oxygen atoms in total. The second kappa shape index (κ2) is 9.05. The second-order valence-corrected chi connectivity index (χ2v) is 9.00. The first-order chi connectivity index (χ1) is 10.6. The third kappa shape index (κ3) is 8.19. The normalized spacial score (nSPS) is 18.7. The second-order valence-electron chi connectivity index (χ2n) is 9.00. The van der Waals surface area contributed by atoms with Crippen molar-refractivity contribution in [1.29, 1.82) is 0 Å². The fourth-order valence-electron chi connectivity index (χ4n) is 2.90. The van der Waals surface area contributed by atoms with Gasteiger partial charge >= 0.3 is 5.97 Å². The van der Waals surface area contributed by atoms with Crippen molar-refractivity contribution in [1.82, 2.24) is 0 Å². The third-order valence-corrected chi connectivity index (χ3v) is 5.01. The third-order valence-electron chi connectivity index (χ3n) is 5.01. The Hall–Kier alpha value is -0.570. The van der Waals surface area contributed by atoms with Crippen LogP contribution in [0.15, 0.2) is 0 Å². The molecule has 1 fully saturated rings. The SMILES string of the molecule is CCC(C)(C)C(=O)OC(CC(C)(C)C)OCCC1CCCCC1. The molecule has 0 amide bonds. The Balaban J connectivity index is 2.49. The maximum Gasteiger partial charge on any atom is 0.313 e. The summed E-state index contributed by atoms with van der Waals surface area (Å²) < 4.78 is 11.7. The number of carbonyl (C=O) groups is 1. The Kier molecular flexibility index (Phi) is 8.06. The first-order valence-corrected chi connectivity index (χ1v) is 9.47. The van der Waals surface area contributed by atoms with E-state index in [0.29, 0.717) is 6.61 Å². The standard InChI is InChI=1S/C20H38O3/c1-7-20(5,6)18(21)23-17(15-19(2,3)4)22-14-13-16-11-9-8-10-12-16/h16-17H,7-15H2,1-6H3. The number of hydrogen-bond acceptors (Lipinski definition) is 3. The van der Waals surface area contributed by atoms with Crippen LogP contribution < -0.4 is 0 Å². The van der Waals surface area contributed by atoms with E-state index in [0.717, 1.165) is 25.2 Å². The van der Waals surface area contributed by atoms with Gasteiger partial charge in [-0.05, 0) is 38.0 Å². The van der Waals surface area contributed by atoms with Crippen LogP contribution in [0.25, 0.3) is 0 Å². The molecule has 1 atom stereocenters. The summed E-state index contributed by atoms with van der Waals surface area (Å²) in [5.41, 5.74) is -0.366. The summed E-state index contributed by atoms with van der Waals surface area (Å²) in [5.74, 6) is 0.647. The van der Waals surface area contributed by atoms with Crippen LogP contribution in [0.4, 0.5) is 0 Å². The lowest BCUT2D eigenvalue weighted by atomic mass is 9.87. The molecule has 1 saturated carbocycles. The quantitative estimate of drug-likeness (QED) is 0.423. The monoisotopic (exact) mass is 326 g/mol. The Bertz CT molecular complexity index is 348. The van der Waals surface area contributed by atoms with Crippen LogP contribution in [-0.4, -0.2) is 18.9 Å². The first kappa shape index (κ1) is 20.5. The minimum atomic E-state index is -0.442. The molecule has 0 spiro atoms. The van der Waals surface area contributed by atoms with Crippen molar-refractivity contribution in [3.63, 3.8) is 0 Å². The molecular weight excluding hydrogens is 288 g/mol. The van der Waals surface area contributed by atoms with Gasteiger partial charge in [0, 0.05) is 6.42 Å². The number of esters is 1. The van der Waals surface area contributed by atoms with Gasteiger partial charge in [0.1, 0.15) is 0 Å². The van der Waals surface area contributed by atoms with Crippen LogP contribution in [-0.2, 0) is 14.3 Å². The molecule has 0 N–H and O–H groups in total. The van der Waals surface area contributed by atoms with Crippen LogP contribution in [0.5, 0.6) is 0 Å². The van der Waals surface area contributed by atoms with Crippen LogP contribution in [0.3, 0.4) is 0 Å². The van der Waals surface area contributed by atoms with E-state index in [1.54, 1.807) is 0 Å². The highest BCUT2D eigenvalue weighted by Gasteiger charge is 2.31. The zero-order chi connectivity index (χ0) is 17.5. The highest BCUT2D eigenvalue weighted by atomic mass is 16.7. The zero-order valence-electron chi connectivity index (χ0n) is 16.2. The van der Waals surface area contributed by atoms with E-state index >= 15 is 0 Å². The summed E-state index contributed by atoms with van der Waals surface area (Å²) >= 11 is 0. The van der Waals surface area contributed by atoms with Crippen LogP contribution in [0, 0.1) is 16.7 Å². The summed E-state index contributed by atoms with van der Waals surface area (Å²) in [5, 5.41) is 0. The predicted octanol–water partition coefficient (Wildman–Crippen LogP) is 5.72. The van der Waals surface area contributed by atoms with Gasteiger partial charge in [-0.3, -0.25) is 4.79 Å². The minimum absolute atomic E-state index is 0.0755. The minimum Gasteiger partial charge on any atom is -0.435 e. The van der Waals surface area contributed by atoms with Gasteiger partial charge in [0.2, 0.25) is 6.29 Å². The fourth-order valence-corrected chi connectivity index (χ4v) is 2.90. The largest absolute Gasteiger partial charge is 0.435 e. The van der Waals surface area contributed by atoms with Gasteiger partial charge in [-0.2, -0.15) is 0 Å². The molecule has 0 aromatic carbocycles. The molecule has 1 aliphatic carbocycles. The highest BCUT2D eigenvalue weighted by Crippen LogP contribution is 2.29. The molecular formula is C20H38O3. The van der Waals surface area contributed by atoms with Crippen LogP contribution >= 0.6 is 0 Å². The van der Waals surface area contributed by atoms with E-state index in [9.17, 15) is 4.79 Å². The zero-order valence-corrected chi connectivity index (χ0v) is 16.2. The number of hydrogen-bond donors (Lipinski definition) is 0. The van der Waals surface area contributed by atoms with E-state index in [1.165, 1.54) is 32.1 Å². The van der Waals surface area contributed by atoms with Crippen molar-refractivity contribution in [2.45, 2.75) is 99.2 Å². The van der Waals surface area contributed by atoms with E-state index in [4.69, 9.17) is 9.47 Å². The van der Waals surface area contributed by atoms with Crippen molar-refractivity contribution in [3.8, 4) is 0 Å². The Morgan fingerprint density at radius 2 is 1.70 bits per heavy atom. The molecule has 136 valence electrons. The Morgan fingerprint density at radius 1 is 1.09 bits per heavy atom. The van der Waals surface area contributed by atoms with Crippen molar-refractivity contribution in [2.75, 3.05) is 6.61 Å². The molecule has 1 rings (SSSR count). The Morgan fingerprint density at radius 3 is 2.22 bits per heavy atom. The molecule has 0 aromatic heterocycles. The molecule has 0 aliphatic heterocycles. The molecule has 1 aliphatic rings. The van der Waals surface area contributed by atoms with E-state index in [2.05, 4.69) is 20.8 Å². The van der Waals surface area contributed by atoms with Crippen molar-refractivity contribution in [2.24, 2.45) is 16.7 Å². The van der Waals surface area contributed by atoms with Gasteiger partial charge < -0.3 is 9.47 Å². The maximum absolute atomic E-state index is 12.4. The number of carbonyl (C=O) groups excluding carboxylic acids is 1. The molecule has 0 radical (unpaired) electrons. The molecule has 23 heavy (non-hydrogen) atoms.